The third kappa shape index (κ3) is 2.50. The number of nitrogens with two attached hydrogens (primary N) is 1. The van der Waals surface area contributed by atoms with Crippen LogP contribution in [0.5, 0.6) is 5.75 Å². The zero-order chi connectivity index (χ0) is 14.8. The van der Waals surface area contributed by atoms with E-state index in [9.17, 15) is 4.79 Å². The fourth-order valence-corrected chi connectivity index (χ4v) is 2.51. The quantitative estimate of drug-likeness (QED) is 0.797. The fourth-order valence-electron chi connectivity index (χ4n) is 2.51. The van der Waals surface area contributed by atoms with Gasteiger partial charge in [-0.05, 0) is 24.3 Å². The predicted octanol–water partition coefficient (Wildman–Crippen LogP) is 2.09. The molecule has 0 spiro atoms. The predicted molar refractivity (Wildman–Crippen MR) is 83.6 cm³/mol. The molecule has 21 heavy (non-hydrogen) atoms. The van der Waals surface area contributed by atoms with Gasteiger partial charge in [0.15, 0.2) is 0 Å². The minimum Gasteiger partial charge on any atom is -0.496 e. The van der Waals surface area contributed by atoms with E-state index >= 15 is 0 Å². The minimum atomic E-state index is -0.0433. The van der Waals surface area contributed by atoms with Crippen LogP contribution in [0.25, 0.3) is 10.9 Å². The number of fused-ring (bicyclic) bond motifs is 1. The molecule has 0 atom stereocenters. The SMILES string of the molecule is COc1cccc2c1ccn2CCn1cc(N)ccc1=O. The van der Waals surface area contributed by atoms with Gasteiger partial charge >= 0.3 is 0 Å². The summed E-state index contributed by atoms with van der Waals surface area (Å²) in [4.78, 5) is 11.8. The lowest BCUT2D eigenvalue weighted by Crippen LogP contribution is -2.21. The fraction of sp³-hybridized carbons (Fsp3) is 0.188. The highest BCUT2D eigenvalue weighted by atomic mass is 16.5. The number of hydrogen-bond donors (Lipinski definition) is 1. The van der Waals surface area contributed by atoms with Crippen molar-refractivity contribution in [3.05, 3.63) is 59.1 Å². The molecule has 108 valence electrons. The van der Waals surface area contributed by atoms with Crippen molar-refractivity contribution in [1.29, 1.82) is 0 Å². The van der Waals surface area contributed by atoms with Crippen molar-refractivity contribution in [2.45, 2.75) is 13.1 Å². The molecule has 0 saturated heterocycles. The van der Waals surface area contributed by atoms with Gasteiger partial charge in [-0.3, -0.25) is 4.79 Å². The zero-order valence-electron chi connectivity index (χ0n) is 11.8. The van der Waals surface area contributed by atoms with Crippen LogP contribution < -0.4 is 16.0 Å². The van der Waals surface area contributed by atoms with E-state index in [0.717, 1.165) is 16.7 Å². The number of rotatable bonds is 4. The third-order valence-electron chi connectivity index (χ3n) is 3.58. The summed E-state index contributed by atoms with van der Waals surface area (Å²) in [6.07, 6.45) is 3.68. The lowest BCUT2D eigenvalue weighted by Gasteiger charge is -2.09. The maximum absolute atomic E-state index is 11.8. The summed E-state index contributed by atoms with van der Waals surface area (Å²) in [7, 11) is 1.67. The first-order valence-corrected chi connectivity index (χ1v) is 6.77. The standard InChI is InChI=1S/C16H17N3O2/c1-21-15-4-2-3-14-13(15)7-8-18(14)9-10-19-11-12(17)5-6-16(19)20/h2-8,11H,9-10,17H2,1H3. The molecule has 1 aromatic carbocycles. The van der Waals surface area contributed by atoms with Crippen molar-refractivity contribution in [1.82, 2.24) is 9.13 Å². The normalized spacial score (nSPS) is 10.9. The average molecular weight is 283 g/mol. The highest BCUT2D eigenvalue weighted by Crippen LogP contribution is 2.26. The average Bonchev–Trinajstić information content (AvgIpc) is 2.91. The number of anilines is 1. The maximum atomic E-state index is 11.8. The van der Waals surface area contributed by atoms with E-state index < -0.39 is 0 Å². The molecule has 2 heterocycles. The summed E-state index contributed by atoms with van der Waals surface area (Å²) in [5, 5.41) is 1.07. The van der Waals surface area contributed by atoms with Gasteiger partial charge in [-0.2, -0.15) is 0 Å². The van der Waals surface area contributed by atoms with Gasteiger partial charge in [0.05, 0.1) is 12.6 Å². The second kappa shape index (κ2) is 5.36. The Kier molecular flexibility index (Phi) is 3.39. The largest absolute Gasteiger partial charge is 0.496 e. The van der Waals surface area contributed by atoms with E-state index in [1.54, 1.807) is 23.9 Å². The Hall–Kier alpha value is -2.69. The monoisotopic (exact) mass is 283 g/mol. The molecule has 5 heteroatoms. The number of methoxy groups -OCH3 is 1. The second-order valence-corrected chi connectivity index (χ2v) is 4.90. The second-order valence-electron chi connectivity index (χ2n) is 4.90. The van der Waals surface area contributed by atoms with Gasteiger partial charge in [0.25, 0.3) is 5.56 Å². The number of hydrogen-bond acceptors (Lipinski definition) is 3. The van der Waals surface area contributed by atoms with Crippen molar-refractivity contribution < 1.29 is 4.74 Å². The van der Waals surface area contributed by atoms with E-state index in [4.69, 9.17) is 10.5 Å². The molecule has 2 N–H and O–H groups in total. The Morgan fingerprint density at radius 1 is 1.10 bits per heavy atom. The van der Waals surface area contributed by atoms with Crippen molar-refractivity contribution >= 4 is 16.6 Å². The number of nitrogen functional groups attached to an aromatic ring is 1. The van der Waals surface area contributed by atoms with Crippen LogP contribution in [0.2, 0.25) is 0 Å². The van der Waals surface area contributed by atoms with E-state index in [2.05, 4.69) is 4.57 Å². The minimum absolute atomic E-state index is 0.0433. The molecule has 3 aromatic rings. The van der Waals surface area contributed by atoms with Crippen LogP contribution in [0, 0.1) is 0 Å². The number of aromatic nitrogens is 2. The number of aryl methyl sites for hydroxylation is 2. The van der Waals surface area contributed by atoms with Crippen LogP contribution in [-0.2, 0) is 13.1 Å². The first-order valence-electron chi connectivity index (χ1n) is 6.77. The van der Waals surface area contributed by atoms with Crippen LogP contribution >= 0.6 is 0 Å². The Balaban J connectivity index is 1.89. The molecule has 0 aliphatic carbocycles. The zero-order valence-corrected chi connectivity index (χ0v) is 11.8. The van der Waals surface area contributed by atoms with E-state index in [-0.39, 0.29) is 5.56 Å². The molecule has 2 aromatic heterocycles. The lowest BCUT2D eigenvalue weighted by atomic mass is 10.2. The highest BCUT2D eigenvalue weighted by Gasteiger charge is 2.06. The molecule has 0 aliphatic rings. The van der Waals surface area contributed by atoms with Gasteiger partial charge in [0.1, 0.15) is 5.75 Å². The molecule has 5 nitrogen and oxygen atoms in total. The Morgan fingerprint density at radius 3 is 2.71 bits per heavy atom. The molecule has 0 unspecified atom stereocenters. The van der Waals surface area contributed by atoms with Gasteiger partial charge in [-0.1, -0.05) is 6.07 Å². The molecular weight excluding hydrogens is 266 g/mol. The van der Waals surface area contributed by atoms with Gasteiger partial charge in [0, 0.05) is 42.6 Å². The first kappa shape index (κ1) is 13.3. The van der Waals surface area contributed by atoms with E-state index in [0.29, 0.717) is 18.8 Å². The highest BCUT2D eigenvalue weighted by molar-refractivity contribution is 5.86. The number of ether oxygens (including phenoxy) is 1. The summed E-state index contributed by atoms with van der Waals surface area (Å²) in [6.45, 7) is 1.27. The molecule has 0 fully saturated rings. The lowest BCUT2D eigenvalue weighted by molar-refractivity contribution is 0.420. The van der Waals surface area contributed by atoms with Crippen LogP contribution in [-0.4, -0.2) is 16.2 Å². The number of pyridine rings is 1. The topological polar surface area (TPSA) is 62.2 Å². The summed E-state index contributed by atoms with van der Waals surface area (Å²) < 4.78 is 9.08. The van der Waals surface area contributed by atoms with Crippen molar-refractivity contribution in [3.63, 3.8) is 0 Å². The van der Waals surface area contributed by atoms with Crippen molar-refractivity contribution in [2.75, 3.05) is 12.8 Å². The molecule has 0 aliphatic heterocycles. The van der Waals surface area contributed by atoms with Crippen LogP contribution in [0.4, 0.5) is 5.69 Å². The van der Waals surface area contributed by atoms with Crippen molar-refractivity contribution in [2.24, 2.45) is 0 Å². The number of nitrogens with zero attached hydrogens (tertiary/aromatic N) is 2. The van der Waals surface area contributed by atoms with Crippen LogP contribution in [0.3, 0.4) is 0 Å². The van der Waals surface area contributed by atoms with Gasteiger partial charge in [0.2, 0.25) is 0 Å². The van der Waals surface area contributed by atoms with E-state index in [1.807, 2.05) is 30.5 Å². The molecule has 3 rings (SSSR count). The van der Waals surface area contributed by atoms with Gasteiger partial charge in [-0.15, -0.1) is 0 Å². The first-order chi connectivity index (χ1) is 10.2. The van der Waals surface area contributed by atoms with Crippen molar-refractivity contribution in [3.8, 4) is 5.75 Å². The smallest absolute Gasteiger partial charge is 0.250 e. The summed E-state index contributed by atoms with van der Waals surface area (Å²) >= 11 is 0. The summed E-state index contributed by atoms with van der Waals surface area (Å²) in [5.41, 5.74) is 7.36. The summed E-state index contributed by atoms with van der Waals surface area (Å²) in [6, 6.07) is 11.1. The Labute approximate surface area is 122 Å². The third-order valence-corrected chi connectivity index (χ3v) is 3.58. The van der Waals surface area contributed by atoms with Gasteiger partial charge in [-0.25, -0.2) is 0 Å². The van der Waals surface area contributed by atoms with Crippen LogP contribution in [0.15, 0.2) is 53.6 Å². The molecule has 0 saturated carbocycles. The maximum Gasteiger partial charge on any atom is 0.250 e. The number of benzene rings is 1. The van der Waals surface area contributed by atoms with Crippen LogP contribution in [0.1, 0.15) is 0 Å². The Bertz CT molecular complexity index is 833. The van der Waals surface area contributed by atoms with E-state index in [1.165, 1.54) is 6.07 Å². The van der Waals surface area contributed by atoms with Gasteiger partial charge < -0.3 is 19.6 Å². The Morgan fingerprint density at radius 2 is 1.90 bits per heavy atom. The molecular formula is C16H17N3O2. The molecule has 0 amide bonds. The molecule has 0 radical (unpaired) electrons. The summed E-state index contributed by atoms with van der Waals surface area (Å²) in [5.74, 6) is 0.854. The molecule has 0 bridgehead atoms.